The van der Waals surface area contributed by atoms with E-state index in [0.29, 0.717) is 17.7 Å². The van der Waals surface area contributed by atoms with Crippen molar-refractivity contribution in [1.82, 2.24) is 10.2 Å². The Labute approximate surface area is 93.1 Å². The van der Waals surface area contributed by atoms with Crippen molar-refractivity contribution in [2.45, 2.75) is 12.5 Å². The quantitative estimate of drug-likeness (QED) is 0.853. The summed E-state index contributed by atoms with van der Waals surface area (Å²) in [6.07, 6.45) is 2.00. The van der Waals surface area contributed by atoms with E-state index in [1.807, 2.05) is 0 Å². The maximum Gasteiger partial charge on any atom is 0.126 e. The molecule has 2 N–H and O–H groups in total. The first-order valence-corrected chi connectivity index (χ1v) is 5.04. The summed E-state index contributed by atoms with van der Waals surface area (Å²) in [5.74, 6) is -0.234. The van der Waals surface area contributed by atoms with Crippen LogP contribution in [0.25, 0.3) is 0 Å². The molecule has 16 heavy (non-hydrogen) atoms. The third-order valence-electron chi connectivity index (χ3n) is 2.37. The Morgan fingerprint density at radius 2 is 2.00 bits per heavy atom. The molecule has 0 aliphatic rings. The van der Waals surface area contributed by atoms with Gasteiger partial charge in [-0.2, -0.15) is 10.2 Å². The van der Waals surface area contributed by atoms with Gasteiger partial charge in [0.2, 0.25) is 0 Å². The van der Waals surface area contributed by atoms with E-state index >= 15 is 0 Å². The maximum atomic E-state index is 13.4. The zero-order chi connectivity index (χ0) is 11.4. The highest BCUT2D eigenvalue weighted by atomic mass is 19.1. The van der Waals surface area contributed by atoms with Gasteiger partial charge in [0.1, 0.15) is 5.82 Å². The van der Waals surface area contributed by atoms with Crippen molar-refractivity contribution in [3.05, 3.63) is 59.7 Å². The van der Waals surface area contributed by atoms with E-state index in [-0.39, 0.29) is 11.9 Å². The summed E-state index contributed by atoms with van der Waals surface area (Å²) < 4.78 is 13.4. The van der Waals surface area contributed by atoms with Crippen molar-refractivity contribution in [2.24, 2.45) is 5.73 Å². The third kappa shape index (κ3) is 2.41. The van der Waals surface area contributed by atoms with E-state index in [1.54, 1.807) is 36.5 Å². The topological polar surface area (TPSA) is 51.8 Å². The average Bonchev–Trinajstić information content (AvgIpc) is 2.33. The largest absolute Gasteiger partial charge is 0.322 e. The fraction of sp³-hybridized carbons (Fsp3) is 0.167. The van der Waals surface area contributed by atoms with Crippen LogP contribution < -0.4 is 5.73 Å². The molecular weight excluding hydrogens is 205 g/mol. The first-order chi connectivity index (χ1) is 7.77. The fourth-order valence-electron chi connectivity index (χ4n) is 1.52. The van der Waals surface area contributed by atoms with Gasteiger partial charge in [-0.1, -0.05) is 18.2 Å². The summed E-state index contributed by atoms with van der Waals surface area (Å²) in [5, 5.41) is 7.65. The Hall–Kier alpha value is -1.81. The average molecular weight is 217 g/mol. The van der Waals surface area contributed by atoms with Gasteiger partial charge in [-0.25, -0.2) is 4.39 Å². The van der Waals surface area contributed by atoms with Crippen LogP contribution in [0.2, 0.25) is 0 Å². The second kappa shape index (κ2) is 4.81. The number of nitrogens with two attached hydrogens (primary N) is 1. The van der Waals surface area contributed by atoms with Crippen molar-refractivity contribution in [3.8, 4) is 0 Å². The van der Waals surface area contributed by atoms with E-state index in [4.69, 9.17) is 5.73 Å². The number of hydrogen-bond donors (Lipinski definition) is 1. The minimum Gasteiger partial charge on any atom is -0.322 e. The number of hydrogen-bond acceptors (Lipinski definition) is 3. The summed E-state index contributed by atoms with van der Waals surface area (Å²) in [6.45, 7) is 0. The van der Waals surface area contributed by atoms with Crippen molar-refractivity contribution >= 4 is 0 Å². The Morgan fingerprint density at radius 3 is 2.69 bits per heavy atom. The summed E-state index contributed by atoms with van der Waals surface area (Å²) in [4.78, 5) is 0. The summed E-state index contributed by atoms with van der Waals surface area (Å²) >= 11 is 0. The van der Waals surface area contributed by atoms with Crippen LogP contribution in [-0.4, -0.2) is 10.2 Å². The molecule has 0 amide bonds. The molecule has 0 saturated carbocycles. The number of nitrogens with zero attached hydrogens (tertiary/aromatic N) is 2. The molecule has 0 fully saturated rings. The summed E-state index contributed by atoms with van der Waals surface area (Å²) in [5.41, 5.74) is 7.20. The van der Waals surface area contributed by atoms with Crippen LogP contribution in [0.15, 0.2) is 42.6 Å². The molecule has 3 nitrogen and oxygen atoms in total. The van der Waals surface area contributed by atoms with Gasteiger partial charge in [0, 0.05) is 6.20 Å². The molecule has 0 radical (unpaired) electrons. The number of aromatic nitrogens is 2. The van der Waals surface area contributed by atoms with E-state index < -0.39 is 0 Å². The molecule has 1 aromatic carbocycles. The zero-order valence-electron chi connectivity index (χ0n) is 8.68. The van der Waals surface area contributed by atoms with Crippen LogP contribution in [0.3, 0.4) is 0 Å². The predicted octanol–water partition coefficient (Wildman–Crippen LogP) is 1.86. The van der Waals surface area contributed by atoms with Crippen LogP contribution >= 0.6 is 0 Å². The molecule has 1 unspecified atom stereocenters. The SMILES string of the molecule is NC(Cc1ccccc1F)c1cccnn1. The highest BCUT2D eigenvalue weighted by Crippen LogP contribution is 2.15. The lowest BCUT2D eigenvalue weighted by Crippen LogP contribution is -2.15. The van der Waals surface area contributed by atoms with Gasteiger partial charge < -0.3 is 5.73 Å². The second-order valence-electron chi connectivity index (χ2n) is 3.55. The lowest BCUT2D eigenvalue weighted by Gasteiger charge is -2.10. The predicted molar refractivity (Wildman–Crippen MR) is 59.1 cm³/mol. The van der Waals surface area contributed by atoms with Crippen molar-refractivity contribution in [1.29, 1.82) is 0 Å². The molecule has 2 rings (SSSR count). The van der Waals surface area contributed by atoms with Gasteiger partial charge in [-0.05, 0) is 30.2 Å². The molecule has 0 aliphatic carbocycles. The molecule has 0 aliphatic heterocycles. The molecule has 4 heteroatoms. The molecule has 0 bridgehead atoms. The normalized spacial score (nSPS) is 12.4. The molecule has 1 atom stereocenters. The van der Waals surface area contributed by atoms with Crippen LogP contribution in [0.1, 0.15) is 17.3 Å². The first kappa shape index (κ1) is 10.7. The highest BCUT2D eigenvalue weighted by Gasteiger charge is 2.10. The first-order valence-electron chi connectivity index (χ1n) is 5.04. The highest BCUT2D eigenvalue weighted by molar-refractivity contribution is 5.20. The molecule has 1 heterocycles. The van der Waals surface area contributed by atoms with E-state index in [1.165, 1.54) is 6.07 Å². The summed E-state index contributed by atoms with van der Waals surface area (Å²) in [6, 6.07) is 9.84. The zero-order valence-corrected chi connectivity index (χ0v) is 8.68. The van der Waals surface area contributed by atoms with Crippen molar-refractivity contribution in [2.75, 3.05) is 0 Å². The molecule has 1 aromatic heterocycles. The van der Waals surface area contributed by atoms with Gasteiger partial charge in [-0.15, -0.1) is 0 Å². The third-order valence-corrected chi connectivity index (χ3v) is 2.37. The molecule has 82 valence electrons. The van der Waals surface area contributed by atoms with Gasteiger partial charge in [0.15, 0.2) is 0 Å². The van der Waals surface area contributed by atoms with Crippen molar-refractivity contribution in [3.63, 3.8) is 0 Å². The lowest BCUT2D eigenvalue weighted by atomic mass is 10.0. The fourth-order valence-corrected chi connectivity index (χ4v) is 1.52. The minimum atomic E-state index is -0.328. The van der Waals surface area contributed by atoms with Gasteiger partial charge in [-0.3, -0.25) is 0 Å². The van der Waals surface area contributed by atoms with E-state index in [9.17, 15) is 4.39 Å². The Bertz CT molecular complexity index is 459. The van der Waals surface area contributed by atoms with Gasteiger partial charge in [0.05, 0.1) is 11.7 Å². The smallest absolute Gasteiger partial charge is 0.126 e. The van der Waals surface area contributed by atoms with Crippen LogP contribution in [0, 0.1) is 5.82 Å². The Kier molecular flexibility index (Phi) is 3.22. The standard InChI is InChI=1S/C12H12FN3/c13-10-5-2-1-4-9(10)8-11(14)12-6-3-7-15-16-12/h1-7,11H,8,14H2. The van der Waals surface area contributed by atoms with Crippen LogP contribution in [-0.2, 0) is 6.42 Å². The Morgan fingerprint density at radius 1 is 1.19 bits per heavy atom. The van der Waals surface area contributed by atoms with E-state index in [0.717, 1.165) is 0 Å². The van der Waals surface area contributed by atoms with Crippen LogP contribution in [0.4, 0.5) is 4.39 Å². The molecule has 0 saturated heterocycles. The maximum absolute atomic E-state index is 13.4. The minimum absolute atomic E-state index is 0.234. The number of halogens is 1. The number of benzene rings is 1. The monoisotopic (exact) mass is 217 g/mol. The second-order valence-corrected chi connectivity index (χ2v) is 3.55. The lowest BCUT2D eigenvalue weighted by molar-refractivity contribution is 0.587. The Balaban J connectivity index is 2.14. The molecular formula is C12H12FN3. The molecule has 2 aromatic rings. The van der Waals surface area contributed by atoms with Gasteiger partial charge >= 0.3 is 0 Å². The van der Waals surface area contributed by atoms with Crippen molar-refractivity contribution < 1.29 is 4.39 Å². The summed E-state index contributed by atoms with van der Waals surface area (Å²) in [7, 11) is 0. The number of rotatable bonds is 3. The molecule has 0 spiro atoms. The van der Waals surface area contributed by atoms with Crippen LogP contribution in [0.5, 0.6) is 0 Å². The van der Waals surface area contributed by atoms with Gasteiger partial charge in [0.25, 0.3) is 0 Å². The van der Waals surface area contributed by atoms with E-state index in [2.05, 4.69) is 10.2 Å².